The van der Waals surface area contributed by atoms with Gasteiger partial charge in [0.2, 0.25) is 0 Å². The Morgan fingerprint density at radius 2 is 2.06 bits per heavy atom. The Morgan fingerprint density at radius 3 is 2.75 bits per heavy atom. The SMILES string of the molecule is O=S1(=O)CC2(CC2)CNc2cc(O)ccc21. The van der Waals surface area contributed by atoms with Crippen molar-refractivity contribution >= 4 is 15.5 Å². The van der Waals surface area contributed by atoms with Crippen LogP contribution in [0.2, 0.25) is 0 Å². The van der Waals surface area contributed by atoms with Crippen LogP contribution in [0.5, 0.6) is 5.75 Å². The topological polar surface area (TPSA) is 66.4 Å². The lowest BCUT2D eigenvalue weighted by Gasteiger charge is -2.09. The van der Waals surface area contributed by atoms with Crippen LogP contribution in [0.1, 0.15) is 12.8 Å². The predicted molar refractivity (Wildman–Crippen MR) is 60.3 cm³/mol. The Bertz CT molecular complexity index is 546. The zero-order valence-electron chi connectivity index (χ0n) is 8.73. The number of fused-ring (bicyclic) bond motifs is 1. The summed E-state index contributed by atoms with van der Waals surface area (Å²) in [6, 6.07) is 4.38. The fourth-order valence-electron chi connectivity index (χ4n) is 2.24. The number of phenols is 1. The molecule has 1 fully saturated rings. The lowest BCUT2D eigenvalue weighted by molar-refractivity contribution is 0.475. The molecule has 1 aromatic rings. The van der Waals surface area contributed by atoms with Crippen molar-refractivity contribution in [2.75, 3.05) is 17.6 Å². The minimum absolute atomic E-state index is 0.0620. The quantitative estimate of drug-likeness (QED) is 0.717. The monoisotopic (exact) mass is 239 g/mol. The lowest BCUT2D eigenvalue weighted by atomic mass is 10.1. The molecule has 1 heterocycles. The normalized spacial score (nSPS) is 24.2. The van der Waals surface area contributed by atoms with Crippen LogP contribution in [-0.2, 0) is 9.84 Å². The van der Waals surface area contributed by atoms with Gasteiger partial charge in [0.1, 0.15) is 5.75 Å². The summed E-state index contributed by atoms with van der Waals surface area (Å²) in [5, 5.41) is 12.5. The Hall–Kier alpha value is -1.23. The van der Waals surface area contributed by atoms with Crippen molar-refractivity contribution in [3.8, 4) is 5.75 Å². The van der Waals surface area contributed by atoms with Gasteiger partial charge in [0, 0.05) is 18.0 Å². The molecule has 1 spiro atoms. The van der Waals surface area contributed by atoms with Crippen LogP contribution >= 0.6 is 0 Å². The van der Waals surface area contributed by atoms with E-state index in [-0.39, 0.29) is 16.9 Å². The van der Waals surface area contributed by atoms with Crippen molar-refractivity contribution in [3.05, 3.63) is 18.2 Å². The van der Waals surface area contributed by atoms with Crippen LogP contribution in [0.3, 0.4) is 0 Å². The van der Waals surface area contributed by atoms with E-state index in [1.807, 2.05) is 0 Å². The largest absolute Gasteiger partial charge is 0.508 e. The lowest BCUT2D eigenvalue weighted by Crippen LogP contribution is -2.20. The van der Waals surface area contributed by atoms with E-state index >= 15 is 0 Å². The Morgan fingerprint density at radius 1 is 1.31 bits per heavy atom. The molecule has 1 aromatic carbocycles. The molecule has 16 heavy (non-hydrogen) atoms. The van der Waals surface area contributed by atoms with Crippen LogP contribution in [0.15, 0.2) is 23.1 Å². The number of sulfone groups is 1. The first-order valence-electron chi connectivity index (χ1n) is 5.31. The first-order chi connectivity index (χ1) is 7.51. The maximum atomic E-state index is 12.1. The van der Waals surface area contributed by atoms with Crippen molar-refractivity contribution < 1.29 is 13.5 Å². The number of benzene rings is 1. The van der Waals surface area contributed by atoms with Gasteiger partial charge >= 0.3 is 0 Å². The van der Waals surface area contributed by atoms with E-state index in [4.69, 9.17) is 0 Å². The second-order valence-corrected chi connectivity index (χ2v) is 6.75. The van der Waals surface area contributed by atoms with Gasteiger partial charge in [0.25, 0.3) is 0 Å². The highest BCUT2D eigenvalue weighted by Gasteiger charge is 2.48. The fourth-order valence-corrected chi connectivity index (χ4v) is 4.33. The van der Waals surface area contributed by atoms with Gasteiger partial charge in [-0.2, -0.15) is 0 Å². The molecule has 0 atom stereocenters. The molecule has 1 aliphatic heterocycles. The molecule has 0 radical (unpaired) electrons. The minimum Gasteiger partial charge on any atom is -0.508 e. The Kier molecular flexibility index (Phi) is 1.81. The Labute approximate surface area is 94.2 Å². The number of nitrogens with one attached hydrogen (secondary N) is 1. The molecular weight excluding hydrogens is 226 g/mol. The van der Waals surface area contributed by atoms with Crippen molar-refractivity contribution in [2.24, 2.45) is 5.41 Å². The maximum absolute atomic E-state index is 12.1. The average Bonchev–Trinajstić information content (AvgIpc) is 2.95. The molecule has 3 rings (SSSR count). The molecule has 5 heteroatoms. The molecule has 1 saturated carbocycles. The van der Waals surface area contributed by atoms with Gasteiger partial charge in [0.05, 0.1) is 16.3 Å². The second-order valence-electron chi connectivity index (χ2n) is 4.79. The molecule has 1 aliphatic carbocycles. The van der Waals surface area contributed by atoms with Crippen LogP contribution in [-0.4, -0.2) is 25.8 Å². The minimum atomic E-state index is -3.21. The van der Waals surface area contributed by atoms with E-state index in [0.717, 1.165) is 12.8 Å². The summed E-state index contributed by atoms with van der Waals surface area (Å²) in [5.41, 5.74) is 0.469. The van der Waals surface area contributed by atoms with Gasteiger partial charge in [-0.1, -0.05) is 0 Å². The number of phenolic OH excluding ortho intramolecular Hbond substituents is 1. The average molecular weight is 239 g/mol. The van der Waals surface area contributed by atoms with Crippen LogP contribution in [0, 0.1) is 5.41 Å². The van der Waals surface area contributed by atoms with Crippen LogP contribution < -0.4 is 5.32 Å². The highest BCUT2D eigenvalue weighted by atomic mass is 32.2. The van der Waals surface area contributed by atoms with Crippen molar-refractivity contribution in [1.82, 2.24) is 0 Å². The van der Waals surface area contributed by atoms with Crippen LogP contribution in [0.4, 0.5) is 5.69 Å². The smallest absolute Gasteiger partial charge is 0.181 e. The summed E-state index contributed by atoms with van der Waals surface area (Å²) in [5.74, 6) is 0.318. The molecule has 0 unspecified atom stereocenters. The van der Waals surface area contributed by atoms with Crippen molar-refractivity contribution in [3.63, 3.8) is 0 Å². The molecule has 2 N–H and O–H groups in total. The summed E-state index contributed by atoms with van der Waals surface area (Å²) >= 11 is 0. The molecule has 2 aliphatic rings. The molecule has 0 aromatic heterocycles. The summed E-state index contributed by atoms with van der Waals surface area (Å²) in [4.78, 5) is 0.314. The third-order valence-corrected chi connectivity index (χ3v) is 5.42. The van der Waals surface area contributed by atoms with Gasteiger partial charge < -0.3 is 10.4 Å². The highest BCUT2D eigenvalue weighted by Crippen LogP contribution is 2.50. The third-order valence-electron chi connectivity index (χ3n) is 3.41. The number of aromatic hydroxyl groups is 1. The number of rotatable bonds is 0. The van der Waals surface area contributed by atoms with E-state index in [0.29, 0.717) is 17.1 Å². The molecule has 0 amide bonds. The summed E-state index contributed by atoms with van der Waals surface area (Å²) in [6.07, 6.45) is 1.94. The number of hydrogen-bond donors (Lipinski definition) is 2. The zero-order chi connectivity index (χ0) is 11.4. The molecular formula is C11H13NO3S. The van der Waals surface area contributed by atoms with Crippen molar-refractivity contribution in [1.29, 1.82) is 0 Å². The number of anilines is 1. The van der Waals surface area contributed by atoms with E-state index in [2.05, 4.69) is 5.32 Å². The zero-order valence-corrected chi connectivity index (χ0v) is 9.55. The predicted octanol–water partition coefficient (Wildman–Crippen LogP) is 1.37. The Balaban J connectivity index is 2.15. The highest BCUT2D eigenvalue weighted by molar-refractivity contribution is 7.91. The molecule has 4 nitrogen and oxygen atoms in total. The summed E-state index contributed by atoms with van der Waals surface area (Å²) in [6.45, 7) is 0.683. The van der Waals surface area contributed by atoms with Gasteiger partial charge in [0.15, 0.2) is 9.84 Å². The van der Waals surface area contributed by atoms with Crippen molar-refractivity contribution in [2.45, 2.75) is 17.7 Å². The summed E-state index contributed by atoms with van der Waals surface area (Å²) < 4.78 is 24.3. The van der Waals surface area contributed by atoms with E-state index in [1.165, 1.54) is 18.2 Å². The van der Waals surface area contributed by atoms with Crippen LogP contribution in [0.25, 0.3) is 0 Å². The maximum Gasteiger partial charge on any atom is 0.181 e. The second kappa shape index (κ2) is 2.91. The molecule has 0 saturated heterocycles. The van der Waals surface area contributed by atoms with E-state index < -0.39 is 9.84 Å². The van der Waals surface area contributed by atoms with Gasteiger partial charge in [-0.25, -0.2) is 8.42 Å². The van der Waals surface area contributed by atoms with Gasteiger partial charge in [-0.3, -0.25) is 0 Å². The van der Waals surface area contributed by atoms with E-state index in [9.17, 15) is 13.5 Å². The standard InChI is InChI=1S/C11H13NO3S/c13-8-1-2-10-9(5-8)12-6-11(3-4-11)7-16(10,14)15/h1-2,5,12-13H,3-4,6-7H2. The third kappa shape index (κ3) is 1.46. The summed E-state index contributed by atoms with van der Waals surface area (Å²) in [7, 11) is -3.21. The first-order valence-corrected chi connectivity index (χ1v) is 6.96. The van der Waals surface area contributed by atoms with Gasteiger partial charge in [-0.05, 0) is 25.0 Å². The fraction of sp³-hybridized carbons (Fsp3) is 0.455. The van der Waals surface area contributed by atoms with Gasteiger partial charge in [-0.15, -0.1) is 0 Å². The first kappa shape index (κ1) is 9.96. The molecule has 86 valence electrons. The molecule has 0 bridgehead atoms. The van der Waals surface area contributed by atoms with E-state index in [1.54, 1.807) is 0 Å². The number of hydrogen-bond acceptors (Lipinski definition) is 4.